The number of carbonyl (C=O) groups is 1. The van der Waals surface area contributed by atoms with E-state index in [2.05, 4.69) is 5.32 Å². The van der Waals surface area contributed by atoms with Crippen LogP contribution in [0.1, 0.15) is 30.4 Å². The van der Waals surface area contributed by atoms with Gasteiger partial charge >= 0.3 is 0 Å². The number of rotatable bonds is 6. The van der Waals surface area contributed by atoms with Crippen LogP contribution in [0.2, 0.25) is 0 Å². The zero-order chi connectivity index (χ0) is 15.1. The van der Waals surface area contributed by atoms with Crippen LogP contribution in [-0.4, -0.2) is 12.5 Å². The van der Waals surface area contributed by atoms with Gasteiger partial charge in [-0.1, -0.05) is 49.4 Å². The summed E-state index contributed by atoms with van der Waals surface area (Å²) < 4.78 is 12.8. The van der Waals surface area contributed by atoms with Crippen molar-refractivity contribution in [3.05, 3.63) is 71.5 Å². The number of hydrogen-bond acceptors (Lipinski definition) is 1. The quantitative estimate of drug-likeness (QED) is 0.862. The molecule has 0 unspecified atom stereocenters. The zero-order valence-electron chi connectivity index (χ0n) is 12.2. The lowest BCUT2D eigenvalue weighted by molar-refractivity contribution is -0.122. The maximum absolute atomic E-state index is 12.8. The highest BCUT2D eigenvalue weighted by Gasteiger charge is 2.17. The van der Waals surface area contributed by atoms with Crippen LogP contribution in [0.15, 0.2) is 54.6 Å². The minimum absolute atomic E-state index is 0.0470. The van der Waals surface area contributed by atoms with E-state index in [1.54, 1.807) is 12.1 Å². The fourth-order valence-corrected chi connectivity index (χ4v) is 2.36. The summed E-state index contributed by atoms with van der Waals surface area (Å²) in [7, 11) is 0. The Hall–Kier alpha value is -2.16. The minimum atomic E-state index is -0.238. The van der Waals surface area contributed by atoms with Crippen LogP contribution in [-0.2, 0) is 11.2 Å². The topological polar surface area (TPSA) is 29.1 Å². The van der Waals surface area contributed by atoms with Crippen LogP contribution in [0.3, 0.4) is 0 Å². The molecule has 1 amide bonds. The molecule has 2 aromatic carbocycles. The third-order valence-electron chi connectivity index (χ3n) is 3.55. The molecular weight excluding hydrogens is 265 g/mol. The van der Waals surface area contributed by atoms with Gasteiger partial charge in [0.15, 0.2) is 0 Å². The van der Waals surface area contributed by atoms with Crippen molar-refractivity contribution in [2.24, 2.45) is 0 Å². The first-order valence-electron chi connectivity index (χ1n) is 7.27. The Morgan fingerprint density at radius 3 is 2.38 bits per heavy atom. The molecule has 21 heavy (non-hydrogen) atoms. The first-order chi connectivity index (χ1) is 10.2. The van der Waals surface area contributed by atoms with Gasteiger partial charge in [-0.15, -0.1) is 0 Å². The van der Waals surface area contributed by atoms with Crippen molar-refractivity contribution in [2.75, 3.05) is 6.54 Å². The van der Waals surface area contributed by atoms with Crippen molar-refractivity contribution in [1.29, 1.82) is 0 Å². The molecule has 1 N–H and O–H groups in total. The van der Waals surface area contributed by atoms with Crippen molar-refractivity contribution in [1.82, 2.24) is 5.32 Å². The molecule has 2 aromatic rings. The molecule has 0 spiro atoms. The second kappa shape index (κ2) is 7.58. The lowest BCUT2D eigenvalue weighted by Crippen LogP contribution is -2.30. The van der Waals surface area contributed by atoms with Crippen molar-refractivity contribution >= 4 is 5.91 Å². The third-order valence-corrected chi connectivity index (χ3v) is 3.55. The molecule has 0 heterocycles. The van der Waals surface area contributed by atoms with Gasteiger partial charge < -0.3 is 5.32 Å². The Morgan fingerprint density at radius 1 is 1.10 bits per heavy atom. The van der Waals surface area contributed by atoms with Gasteiger partial charge in [-0.05, 0) is 36.1 Å². The summed E-state index contributed by atoms with van der Waals surface area (Å²) in [6.45, 7) is 2.57. The fraction of sp³-hybridized carbons (Fsp3) is 0.278. The molecule has 2 rings (SSSR count). The molecule has 0 aliphatic carbocycles. The highest BCUT2D eigenvalue weighted by atomic mass is 19.1. The van der Waals surface area contributed by atoms with Gasteiger partial charge in [0.1, 0.15) is 5.82 Å². The normalized spacial score (nSPS) is 11.9. The Balaban J connectivity index is 1.87. The van der Waals surface area contributed by atoms with E-state index >= 15 is 0 Å². The molecule has 110 valence electrons. The Labute approximate surface area is 125 Å². The molecule has 0 aromatic heterocycles. The predicted molar refractivity (Wildman–Crippen MR) is 82.6 cm³/mol. The van der Waals surface area contributed by atoms with Crippen LogP contribution in [0.25, 0.3) is 0 Å². The second-order valence-electron chi connectivity index (χ2n) is 5.04. The Kier molecular flexibility index (Phi) is 5.50. The maximum Gasteiger partial charge on any atom is 0.227 e. The fourth-order valence-electron chi connectivity index (χ4n) is 2.36. The van der Waals surface area contributed by atoms with Crippen molar-refractivity contribution in [2.45, 2.75) is 25.7 Å². The first-order valence-corrected chi connectivity index (χ1v) is 7.27. The predicted octanol–water partition coefficient (Wildman–Crippen LogP) is 3.68. The molecule has 0 radical (unpaired) electrons. The van der Waals surface area contributed by atoms with E-state index in [4.69, 9.17) is 0 Å². The number of nitrogens with one attached hydrogen (secondary N) is 1. The molecule has 0 fully saturated rings. The number of benzene rings is 2. The molecular formula is C18H20FNO. The standard InChI is InChI=1S/C18H20FNO/c1-2-17(15-6-4-3-5-7-15)18(21)20-13-12-14-8-10-16(19)11-9-14/h3-11,17H,2,12-13H2,1H3,(H,20,21)/t17-/m0/s1. The van der Waals surface area contributed by atoms with Gasteiger partial charge in [-0.2, -0.15) is 0 Å². The Bertz CT molecular complexity index is 566. The lowest BCUT2D eigenvalue weighted by Gasteiger charge is -2.15. The van der Waals surface area contributed by atoms with E-state index < -0.39 is 0 Å². The van der Waals surface area contributed by atoms with Crippen molar-refractivity contribution < 1.29 is 9.18 Å². The van der Waals surface area contributed by atoms with Crippen LogP contribution in [0, 0.1) is 5.82 Å². The van der Waals surface area contributed by atoms with E-state index in [1.807, 2.05) is 37.3 Å². The van der Waals surface area contributed by atoms with Gasteiger partial charge in [-0.3, -0.25) is 4.79 Å². The summed E-state index contributed by atoms with van der Waals surface area (Å²) in [5.74, 6) is -0.303. The summed E-state index contributed by atoms with van der Waals surface area (Å²) in [6, 6.07) is 16.2. The molecule has 0 aliphatic heterocycles. The number of hydrogen-bond donors (Lipinski definition) is 1. The SMILES string of the molecule is CC[C@H](C(=O)NCCc1ccc(F)cc1)c1ccccc1. The Morgan fingerprint density at radius 2 is 1.76 bits per heavy atom. The smallest absolute Gasteiger partial charge is 0.227 e. The van der Waals surface area contributed by atoms with Crippen molar-refractivity contribution in [3.63, 3.8) is 0 Å². The average molecular weight is 285 g/mol. The van der Waals surface area contributed by atoms with E-state index in [0.717, 1.165) is 17.5 Å². The van der Waals surface area contributed by atoms with Crippen LogP contribution >= 0.6 is 0 Å². The highest BCUT2D eigenvalue weighted by molar-refractivity contribution is 5.83. The average Bonchev–Trinajstić information content (AvgIpc) is 2.51. The molecule has 1 atom stereocenters. The maximum atomic E-state index is 12.8. The molecule has 0 saturated carbocycles. The highest BCUT2D eigenvalue weighted by Crippen LogP contribution is 2.19. The lowest BCUT2D eigenvalue weighted by atomic mass is 9.95. The van der Waals surface area contributed by atoms with E-state index in [-0.39, 0.29) is 17.6 Å². The number of carbonyl (C=O) groups excluding carboxylic acids is 1. The van der Waals surface area contributed by atoms with Crippen LogP contribution in [0.5, 0.6) is 0 Å². The first kappa shape index (κ1) is 15.2. The van der Waals surface area contributed by atoms with Gasteiger partial charge in [0.2, 0.25) is 5.91 Å². The monoisotopic (exact) mass is 285 g/mol. The van der Waals surface area contributed by atoms with Gasteiger partial charge in [0.25, 0.3) is 0 Å². The second-order valence-corrected chi connectivity index (χ2v) is 5.04. The molecule has 2 nitrogen and oxygen atoms in total. The summed E-state index contributed by atoms with van der Waals surface area (Å²) in [6.07, 6.45) is 1.48. The molecule has 0 aliphatic rings. The minimum Gasteiger partial charge on any atom is -0.355 e. The van der Waals surface area contributed by atoms with E-state index in [1.165, 1.54) is 12.1 Å². The summed E-state index contributed by atoms with van der Waals surface area (Å²) in [5, 5.41) is 2.96. The van der Waals surface area contributed by atoms with E-state index in [0.29, 0.717) is 13.0 Å². The van der Waals surface area contributed by atoms with Crippen molar-refractivity contribution in [3.8, 4) is 0 Å². The van der Waals surface area contributed by atoms with Gasteiger partial charge in [0, 0.05) is 6.54 Å². The number of amides is 1. The summed E-state index contributed by atoms with van der Waals surface area (Å²) >= 11 is 0. The molecule has 0 bridgehead atoms. The van der Waals surface area contributed by atoms with Crippen LogP contribution < -0.4 is 5.32 Å². The zero-order valence-corrected chi connectivity index (χ0v) is 12.2. The molecule has 3 heteroatoms. The summed E-state index contributed by atoms with van der Waals surface area (Å²) in [4.78, 5) is 12.2. The third kappa shape index (κ3) is 4.42. The molecule has 0 saturated heterocycles. The van der Waals surface area contributed by atoms with E-state index in [9.17, 15) is 9.18 Å². The largest absolute Gasteiger partial charge is 0.355 e. The summed E-state index contributed by atoms with van der Waals surface area (Å²) in [5.41, 5.74) is 2.06. The van der Waals surface area contributed by atoms with Gasteiger partial charge in [0.05, 0.1) is 5.92 Å². The van der Waals surface area contributed by atoms with Gasteiger partial charge in [-0.25, -0.2) is 4.39 Å². The van der Waals surface area contributed by atoms with Crippen LogP contribution in [0.4, 0.5) is 4.39 Å². The number of halogens is 1.